The minimum absolute atomic E-state index is 0.198. The first-order chi connectivity index (χ1) is 15.8. The molecule has 6 rings (SSSR count). The van der Waals surface area contributed by atoms with Gasteiger partial charge >= 0.3 is 0 Å². The van der Waals surface area contributed by atoms with Crippen LogP contribution in [0.15, 0.2) is 91.5 Å². The van der Waals surface area contributed by atoms with Crippen LogP contribution in [-0.2, 0) is 4.79 Å². The summed E-state index contributed by atoms with van der Waals surface area (Å²) in [6.07, 6.45) is 8.47. The van der Waals surface area contributed by atoms with E-state index in [1.807, 2.05) is 42.5 Å². The number of nitrogens with zero attached hydrogens (tertiary/aromatic N) is 3. The Hall–Kier alpha value is -4.58. The molecule has 1 aliphatic rings. The third-order valence-electron chi connectivity index (χ3n) is 5.58. The minimum atomic E-state index is -0.198. The second-order valence-corrected chi connectivity index (χ2v) is 7.54. The van der Waals surface area contributed by atoms with Crippen LogP contribution in [-0.4, -0.2) is 25.8 Å². The van der Waals surface area contributed by atoms with E-state index in [4.69, 9.17) is 4.98 Å². The molecule has 6 heteroatoms. The number of rotatable bonds is 3. The van der Waals surface area contributed by atoms with Gasteiger partial charge in [0.1, 0.15) is 5.82 Å². The smallest absolute Gasteiger partial charge is 0.249 e. The van der Waals surface area contributed by atoms with Crippen LogP contribution in [0.4, 0.5) is 5.69 Å². The molecule has 0 saturated heterocycles. The van der Waals surface area contributed by atoms with Crippen LogP contribution in [0.2, 0.25) is 0 Å². The number of hydrogen-bond acceptors (Lipinski definition) is 4. The molecule has 0 atom stereocenters. The van der Waals surface area contributed by atoms with Gasteiger partial charge in [-0.3, -0.25) is 14.8 Å². The molecule has 1 aliphatic carbocycles. The first-order valence-corrected chi connectivity index (χ1v) is 10.2. The zero-order valence-corrected chi connectivity index (χ0v) is 16.9. The Kier molecular flexibility index (Phi) is 4.14. The van der Waals surface area contributed by atoms with Crippen LogP contribution in [0, 0.1) is 0 Å². The van der Waals surface area contributed by atoms with Gasteiger partial charge in [-0.1, -0.05) is 42.5 Å². The minimum Gasteiger partial charge on any atom is -0.337 e. The van der Waals surface area contributed by atoms with Crippen molar-refractivity contribution in [2.45, 2.75) is 0 Å². The number of imidazole rings is 1. The first-order valence-electron chi connectivity index (χ1n) is 10.2. The zero-order valence-electron chi connectivity index (χ0n) is 16.9. The Labute approximate surface area is 183 Å². The number of aromatic nitrogens is 4. The quantitative estimate of drug-likeness (QED) is 0.395. The fourth-order valence-corrected chi connectivity index (χ4v) is 4.23. The highest BCUT2D eigenvalue weighted by Crippen LogP contribution is 2.48. The summed E-state index contributed by atoms with van der Waals surface area (Å²) in [4.78, 5) is 29.2. The van der Waals surface area contributed by atoms with Crippen molar-refractivity contribution in [2.75, 3.05) is 5.32 Å². The van der Waals surface area contributed by atoms with Crippen molar-refractivity contribution in [3.05, 3.63) is 103 Å². The molecule has 32 heavy (non-hydrogen) atoms. The Bertz CT molecular complexity index is 1490. The number of pyridine rings is 2. The predicted octanol–water partition coefficient (Wildman–Crippen LogP) is 5.07. The van der Waals surface area contributed by atoms with Gasteiger partial charge < -0.3 is 10.3 Å². The average molecular weight is 415 g/mol. The van der Waals surface area contributed by atoms with Crippen molar-refractivity contribution >= 4 is 28.2 Å². The highest BCUT2D eigenvalue weighted by atomic mass is 16.1. The van der Waals surface area contributed by atoms with Gasteiger partial charge in [-0.2, -0.15) is 0 Å². The average Bonchev–Trinajstić information content (AvgIpc) is 3.40. The number of H-pyrrole nitrogens is 1. The van der Waals surface area contributed by atoms with Gasteiger partial charge in [-0.25, -0.2) is 4.98 Å². The maximum atomic E-state index is 12.8. The number of carbonyl (C=O) groups excluding carboxylic acids is 1. The van der Waals surface area contributed by atoms with Gasteiger partial charge in [0, 0.05) is 29.6 Å². The number of nitrogens with one attached hydrogen (secondary N) is 2. The number of fused-ring (bicyclic) bond motifs is 4. The van der Waals surface area contributed by atoms with Gasteiger partial charge in [-0.05, 0) is 40.5 Å². The third kappa shape index (κ3) is 2.97. The van der Waals surface area contributed by atoms with Crippen molar-refractivity contribution in [3.63, 3.8) is 0 Å². The van der Waals surface area contributed by atoms with E-state index in [0.29, 0.717) is 5.69 Å². The normalized spacial score (nSPS) is 13.2. The van der Waals surface area contributed by atoms with E-state index in [9.17, 15) is 4.79 Å². The lowest BCUT2D eigenvalue weighted by atomic mass is 9.98. The lowest BCUT2D eigenvalue weighted by Crippen LogP contribution is -2.08. The molecule has 2 aromatic carbocycles. The Morgan fingerprint density at radius 1 is 0.812 bits per heavy atom. The van der Waals surface area contributed by atoms with Crippen LogP contribution < -0.4 is 5.32 Å². The molecule has 0 radical (unpaired) electrons. The van der Waals surface area contributed by atoms with Crippen molar-refractivity contribution in [3.8, 4) is 22.5 Å². The fraction of sp³-hybridized carbons (Fsp3) is 0. The van der Waals surface area contributed by atoms with Crippen LogP contribution >= 0.6 is 0 Å². The van der Waals surface area contributed by atoms with Gasteiger partial charge in [0.15, 0.2) is 0 Å². The number of amides is 1. The standard InChI is InChI=1S/C26H17N5O/c32-24(29-16-5-4-11-27-14-16)13-21-17-6-1-2-7-18(17)25-19(21)8-3-9-20(25)26-30-22-10-12-28-15-23(22)31-26/h1-15H,(H,29,32)(H,30,31)/b21-13+. The van der Waals surface area contributed by atoms with Gasteiger partial charge in [0.2, 0.25) is 5.91 Å². The maximum absolute atomic E-state index is 12.8. The van der Waals surface area contributed by atoms with Gasteiger partial charge in [-0.15, -0.1) is 0 Å². The van der Waals surface area contributed by atoms with E-state index >= 15 is 0 Å². The molecular formula is C26H17N5O. The maximum Gasteiger partial charge on any atom is 0.249 e. The summed E-state index contributed by atoms with van der Waals surface area (Å²) in [6.45, 7) is 0. The molecule has 0 spiro atoms. The Morgan fingerprint density at radius 2 is 1.62 bits per heavy atom. The fourth-order valence-electron chi connectivity index (χ4n) is 4.23. The van der Waals surface area contributed by atoms with Gasteiger partial charge in [0.05, 0.1) is 29.1 Å². The summed E-state index contributed by atoms with van der Waals surface area (Å²) in [5, 5.41) is 2.89. The molecule has 1 amide bonds. The number of benzene rings is 2. The molecule has 0 saturated carbocycles. The van der Waals surface area contributed by atoms with E-state index in [1.54, 1.807) is 36.9 Å². The second kappa shape index (κ2) is 7.28. The highest BCUT2D eigenvalue weighted by Gasteiger charge is 2.27. The van der Waals surface area contributed by atoms with Crippen LogP contribution in [0.3, 0.4) is 0 Å². The topological polar surface area (TPSA) is 83.6 Å². The number of hydrogen-bond donors (Lipinski definition) is 2. The summed E-state index contributed by atoms with van der Waals surface area (Å²) >= 11 is 0. The lowest BCUT2D eigenvalue weighted by Gasteiger charge is -2.07. The van der Waals surface area contributed by atoms with E-state index < -0.39 is 0 Å². The molecule has 6 nitrogen and oxygen atoms in total. The van der Waals surface area contributed by atoms with E-state index in [-0.39, 0.29) is 5.91 Å². The van der Waals surface area contributed by atoms with E-state index in [0.717, 1.165) is 50.2 Å². The molecule has 3 aromatic heterocycles. The summed E-state index contributed by atoms with van der Waals surface area (Å²) in [5.74, 6) is 0.580. The summed E-state index contributed by atoms with van der Waals surface area (Å²) in [6, 6.07) is 19.7. The van der Waals surface area contributed by atoms with Crippen molar-refractivity contribution in [2.24, 2.45) is 0 Å². The Balaban J connectivity index is 1.50. The molecule has 5 aromatic rings. The molecule has 0 aliphatic heterocycles. The molecule has 0 bridgehead atoms. The molecule has 3 heterocycles. The summed E-state index contributed by atoms with van der Waals surface area (Å²) in [5.41, 5.74) is 8.46. The second-order valence-electron chi connectivity index (χ2n) is 7.54. The molecule has 0 unspecified atom stereocenters. The molecule has 0 fully saturated rings. The monoisotopic (exact) mass is 415 g/mol. The summed E-state index contributed by atoms with van der Waals surface area (Å²) < 4.78 is 0. The van der Waals surface area contributed by atoms with Crippen molar-refractivity contribution < 1.29 is 4.79 Å². The molecule has 152 valence electrons. The Morgan fingerprint density at radius 3 is 2.47 bits per heavy atom. The van der Waals surface area contributed by atoms with Crippen LogP contribution in [0.1, 0.15) is 11.1 Å². The van der Waals surface area contributed by atoms with Crippen LogP contribution in [0.5, 0.6) is 0 Å². The SMILES string of the molecule is O=C(/C=C1\c2ccccc2-c2c1cccc2-c1nc2ccncc2[nH]1)Nc1cccnc1. The van der Waals surface area contributed by atoms with E-state index in [2.05, 4.69) is 32.4 Å². The van der Waals surface area contributed by atoms with Crippen LogP contribution in [0.25, 0.3) is 39.1 Å². The third-order valence-corrected chi connectivity index (χ3v) is 5.58. The highest BCUT2D eigenvalue weighted by molar-refractivity contribution is 6.13. The largest absolute Gasteiger partial charge is 0.337 e. The summed E-state index contributed by atoms with van der Waals surface area (Å²) in [7, 11) is 0. The predicted molar refractivity (Wildman–Crippen MR) is 125 cm³/mol. The number of carbonyl (C=O) groups is 1. The van der Waals surface area contributed by atoms with Crippen molar-refractivity contribution in [1.29, 1.82) is 0 Å². The first kappa shape index (κ1) is 18.2. The molecule has 2 N–H and O–H groups in total. The number of anilines is 1. The lowest BCUT2D eigenvalue weighted by molar-refractivity contribution is -0.111. The molecular weight excluding hydrogens is 398 g/mol. The van der Waals surface area contributed by atoms with E-state index in [1.165, 1.54) is 0 Å². The van der Waals surface area contributed by atoms with Crippen molar-refractivity contribution in [1.82, 2.24) is 19.9 Å². The zero-order chi connectivity index (χ0) is 21.5. The van der Waals surface area contributed by atoms with Gasteiger partial charge in [0.25, 0.3) is 0 Å². The number of aromatic amines is 1.